The van der Waals surface area contributed by atoms with E-state index in [1.807, 2.05) is 0 Å². The third-order valence-corrected chi connectivity index (χ3v) is 8.83. The summed E-state index contributed by atoms with van der Waals surface area (Å²) in [5.41, 5.74) is 8.24. The molecule has 4 aliphatic rings. The van der Waals surface area contributed by atoms with Gasteiger partial charge < -0.3 is 0 Å². The Bertz CT molecular complexity index is 1800. The van der Waals surface area contributed by atoms with Crippen molar-refractivity contribution in [3.05, 3.63) is 169 Å². The zero-order valence-corrected chi connectivity index (χ0v) is 29.9. The van der Waals surface area contributed by atoms with Crippen molar-refractivity contribution >= 4 is 66.3 Å². The summed E-state index contributed by atoms with van der Waals surface area (Å²) in [6.07, 6.45) is 0. The predicted molar refractivity (Wildman–Crippen MR) is 194 cm³/mol. The molecule has 2 radical (unpaired) electrons. The van der Waals surface area contributed by atoms with Crippen molar-refractivity contribution in [2.45, 2.75) is 13.8 Å². The topological polar surface area (TPSA) is 0 Å². The molecule has 0 aromatic heterocycles. The second-order valence-electron chi connectivity index (χ2n) is 10.4. The van der Waals surface area contributed by atoms with Crippen molar-refractivity contribution in [1.82, 2.24) is 0 Å². The van der Waals surface area contributed by atoms with Gasteiger partial charge in [-0.2, -0.15) is 0 Å². The Morgan fingerprint density at radius 1 is 0.432 bits per heavy atom. The first-order valence-electron chi connectivity index (χ1n) is 14.1. The minimum atomic E-state index is 0. The largest absolute Gasteiger partial charge is 2.00 e. The van der Waals surface area contributed by atoms with E-state index in [0.717, 1.165) is 9.52 Å². The summed E-state index contributed by atoms with van der Waals surface area (Å²) < 4.78 is 0. The third-order valence-electron chi connectivity index (χ3n) is 7.59. The average Bonchev–Trinajstić information content (AvgIpc) is 3.60. The Labute approximate surface area is 295 Å². The SMILES string of the molecule is C[c-]1cccc2c3ccccc3cc1-2.C[c-]1cccc2c3ccccc3cc1-2.Cl.Cl.[Zr+2].c1ccc([Si]c2ccccc2)cc1. The molecule has 0 amide bonds. The summed E-state index contributed by atoms with van der Waals surface area (Å²) in [5, 5.41) is 8.22. The van der Waals surface area contributed by atoms with E-state index in [9.17, 15) is 0 Å². The second-order valence-corrected chi connectivity index (χ2v) is 11.8. The van der Waals surface area contributed by atoms with Crippen molar-refractivity contribution in [3.8, 4) is 22.3 Å². The Kier molecular flexibility index (Phi) is 13.4. The summed E-state index contributed by atoms with van der Waals surface area (Å²) in [6, 6.07) is 55.8. The third kappa shape index (κ3) is 8.06. The molecular weight excluding hydrogens is 671 g/mol. The van der Waals surface area contributed by atoms with E-state index in [1.54, 1.807) is 0 Å². The fourth-order valence-corrected chi connectivity index (χ4v) is 6.52. The van der Waals surface area contributed by atoms with Crippen LogP contribution in [0.4, 0.5) is 0 Å². The van der Waals surface area contributed by atoms with E-state index in [-0.39, 0.29) is 51.0 Å². The van der Waals surface area contributed by atoms with Crippen LogP contribution in [-0.2, 0) is 26.2 Å². The van der Waals surface area contributed by atoms with Crippen LogP contribution in [0.5, 0.6) is 0 Å². The van der Waals surface area contributed by atoms with Crippen LogP contribution in [0, 0.1) is 13.8 Å². The Morgan fingerprint density at radius 2 is 0.795 bits per heavy atom. The maximum atomic E-state index is 2.28. The van der Waals surface area contributed by atoms with Crippen LogP contribution >= 0.6 is 24.8 Å². The summed E-state index contributed by atoms with van der Waals surface area (Å²) in [5.74, 6) is 0. The fourth-order valence-electron chi connectivity index (χ4n) is 5.47. The first-order chi connectivity index (χ1) is 20.2. The molecule has 0 spiro atoms. The molecule has 0 saturated heterocycles. The number of halogens is 2. The molecule has 4 heteroatoms. The molecule has 8 rings (SSSR count). The molecular formula is C40H34Cl2SiZr. The molecule has 0 bridgehead atoms. The number of hydrogen-bond acceptors (Lipinski definition) is 0. The molecule has 0 fully saturated rings. The molecule has 0 aliphatic heterocycles. The number of benzene rings is 6. The molecule has 0 N–H and O–H groups in total. The zero-order valence-electron chi connectivity index (χ0n) is 24.8. The zero-order chi connectivity index (χ0) is 28.0. The smallest absolute Gasteiger partial charge is 0.147 e. The van der Waals surface area contributed by atoms with Crippen LogP contribution in [0.3, 0.4) is 0 Å². The summed E-state index contributed by atoms with van der Waals surface area (Å²) in [7, 11) is 0.777. The molecule has 0 nitrogen and oxygen atoms in total. The Hall–Kier alpha value is -3.26. The molecule has 0 heterocycles. The van der Waals surface area contributed by atoms with E-state index in [2.05, 4.69) is 172 Å². The molecule has 44 heavy (non-hydrogen) atoms. The van der Waals surface area contributed by atoms with Crippen molar-refractivity contribution in [3.63, 3.8) is 0 Å². The normalized spacial score (nSPS) is 10.0. The number of hydrogen-bond donors (Lipinski definition) is 0. The van der Waals surface area contributed by atoms with E-state index in [0.29, 0.717) is 0 Å². The molecule has 4 aliphatic carbocycles. The van der Waals surface area contributed by atoms with Crippen molar-refractivity contribution in [2.75, 3.05) is 0 Å². The van der Waals surface area contributed by atoms with Crippen LogP contribution in [-0.4, -0.2) is 9.52 Å². The van der Waals surface area contributed by atoms with Crippen molar-refractivity contribution in [2.24, 2.45) is 0 Å². The Balaban J connectivity index is 0.000000175. The van der Waals surface area contributed by atoms with E-state index in [4.69, 9.17) is 0 Å². The molecule has 0 unspecified atom stereocenters. The number of aryl methyl sites for hydroxylation is 2. The van der Waals surface area contributed by atoms with Gasteiger partial charge in [0.25, 0.3) is 0 Å². The van der Waals surface area contributed by atoms with Gasteiger partial charge in [0, 0.05) is 0 Å². The maximum Gasteiger partial charge on any atom is 2.00 e. The van der Waals surface area contributed by atoms with Crippen LogP contribution in [0.1, 0.15) is 11.1 Å². The van der Waals surface area contributed by atoms with Crippen LogP contribution < -0.4 is 10.4 Å². The molecule has 4 aromatic rings. The van der Waals surface area contributed by atoms with Crippen LogP contribution in [0.2, 0.25) is 0 Å². The van der Waals surface area contributed by atoms with Gasteiger partial charge in [0.05, 0.1) is 0 Å². The van der Waals surface area contributed by atoms with Gasteiger partial charge >= 0.3 is 26.2 Å². The van der Waals surface area contributed by atoms with E-state index < -0.39 is 0 Å². The van der Waals surface area contributed by atoms with Gasteiger partial charge in [-0.1, -0.05) is 155 Å². The maximum absolute atomic E-state index is 2.28. The number of rotatable bonds is 2. The van der Waals surface area contributed by atoms with E-state index >= 15 is 0 Å². The molecule has 0 saturated carbocycles. The first-order valence-corrected chi connectivity index (χ1v) is 15.1. The number of fused-ring (bicyclic) bond motifs is 6. The first kappa shape index (κ1) is 35.2. The fraction of sp³-hybridized carbons (Fsp3) is 0.0500. The quantitative estimate of drug-likeness (QED) is 0.124. The minimum absolute atomic E-state index is 0. The van der Waals surface area contributed by atoms with Gasteiger partial charge in [0.2, 0.25) is 0 Å². The van der Waals surface area contributed by atoms with Crippen molar-refractivity contribution < 1.29 is 26.2 Å². The predicted octanol–water partition coefficient (Wildman–Crippen LogP) is 10.1. The summed E-state index contributed by atoms with van der Waals surface area (Å²) in [4.78, 5) is 0. The van der Waals surface area contributed by atoms with Gasteiger partial charge in [-0.05, 0) is 0 Å². The van der Waals surface area contributed by atoms with Gasteiger partial charge in [0.15, 0.2) is 0 Å². The van der Waals surface area contributed by atoms with Crippen molar-refractivity contribution in [1.29, 1.82) is 0 Å². The molecule has 216 valence electrons. The van der Waals surface area contributed by atoms with Gasteiger partial charge in [-0.25, -0.2) is 0 Å². The van der Waals surface area contributed by atoms with Gasteiger partial charge in [-0.3, -0.25) is 0 Å². The standard InChI is InChI=1S/2C14H11.C12H10Si.2ClH.Zr/c2*1-10-5-4-8-13-12-7-3-2-6-11(12)9-14(10)13;1-3-7-11(8-4-1)13-12-9-5-2-6-10-12;;;/h2*2-9H,1H3;1-10H;2*1H;/q2*-1;;;;+2. The Morgan fingerprint density at radius 3 is 1.20 bits per heavy atom. The average molecular weight is 705 g/mol. The van der Waals surface area contributed by atoms with Gasteiger partial charge in [0.1, 0.15) is 9.52 Å². The molecule has 0 atom stereocenters. The van der Waals surface area contributed by atoms with Gasteiger partial charge in [-0.15, -0.1) is 107 Å². The minimum Gasteiger partial charge on any atom is -0.147 e. The van der Waals surface area contributed by atoms with Crippen LogP contribution in [0.25, 0.3) is 43.8 Å². The summed E-state index contributed by atoms with van der Waals surface area (Å²) in [6.45, 7) is 4.34. The monoisotopic (exact) mass is 702 g/mol. The molecule has 4 aromatic carbocycles. The van der Waals surface area contributed by atoms with Crippen LogP contribution in [0.15, 0.2) is 158 Å². The summed E-state index contributed by atoms with van der Waals surface area (Å²) >= 11 is 0. The van der Waals surface area contributed by atoms with E-state index in [1.165, 1.54) is 65.3 Å². The second kappa shape index (κ2) is 16.7.